The molecule has 0 spiro atoms. The molecule has 2 N–H and O–H groups in total. The van der Waals surface area contributed by atoms with E-state index in [4.69, 9.17) is 5.73 Å². The molecule has 7 heteroatoms. The SMILES string of the molecule is CCN1CCN(S(=O)(=O)N2CCCCC2CN)CC1C. The van der Waals surface area contributed by atoms with Crippen molar-refractivity contribution in [3.63, 3.8) is 0 Å². The van der Waals surface area contributed by atoms with Crippen LogP contribution in [0.5, 0.6) is 0 Å². The Morgan fingerprint density at radius 2 is 1.95 bits per heavy atom. The zero-order chi connectivity index (χ0) is 14.8. The van der Waals surface area contributed by atoms with Gasteiger partial charge in [0.25, 0.3) is 10.2 Å². The predicted molar refractivity (Wildman–Crippen MR) is 80.6 cm³/mol. The Morgan fingerprint density at radius 1 is 1.20 bits per heavy atom. The van der Waals surface area contributed by atoms with Crippen molar-refractivity contribution in [3.05, 3.63) is 0 Å². The highest BCUT2D eigenvalue weighted by molar-refractivity contribution is 7.86. The zero-order valence-corrected chi connectivity index (χ0v) is 13.5. The summed E-state index contributed by atoms with van der Waals surface area (Å²) in [4.78, 5) is 2.32. The lowest BCUT2D eigenvalue weighted by atomic mass is 10.1. The third-order valence-electron chi connectivity index (χ3n) is 4.60. The van der Waals surface area contributed by atoms with Crippen molar-refractivity contribution in [2.75, 3.05) is 39.3 Å². The van der Waals surface area contributed by atoms with Crippen molar-refractivity contribution < 1.29 is 8.42 Å². The van der Waals surface area contributed by atoms with Gasteiger partial charge in [0.15, 0.2) is 0 Å². The van der Waals surface area contributed by atoms with Crippen molar-refractivity contribution in [2.45, 2.75) is 45.2 Å². The van der Waals surface area contributed by atoms with Crippen LogP contribution in [-0.4, -0.2) is 73.3 Å². The van der Waals surface area contributed by atoms with Gasteiger partial charge in [-0.1, -0.05) is 13.3 Å². The fourth-order valence-corrected chi connectivity index (χ4v) is 5.24. The third-order valence-corrected chi connectivity index (χ3v) is 6.66. The van der Waals surface area contributed by atoms with Crippen LogP contribution in [0.2, 0.25) is 0 Å². The Balaban J connectivity index is 2.10. The Hall–Kier alpha value is -0.210. The van der Waals surface area contributed by atoms with E-state index in [1.165, 1.54) is 0 Å². The monoisotopic (exact) mass is 304 g/mol. The molecular formula is C13H28N4O2S. The minimum Gasteiger partial charge on any atom is -0.329 e. The molecule has 2 aliphatic rings. The normalized spacial score (nSPS) is 31.6. The van der Waals surface area contributed by atoms with Crippen LogP contribution in [0.15, 0.2) is 0 Å². The van der Waals surface area contributed by atoms with Gasteiger partial charge in [0.2, 0.25) is 0 Å². The molecule has 118 valence electrons. The molecule has 2 saturated heterocycles. The number of nitrogens with zero attached hydrogens (tertiary/aromatic N) is 3. The average Bonchev–Trinajstić information content (AvgIpc) is 2.47. The molecule has 20 heavy (non-hydrogen) atoms. The van der Waals surface area contributed by atoms with Gasteiger partial charge in [0.1, 0.15) is 0 Å². The first-order valence-corrected chi connectivity index (χ1v) is 9.11. The maximum Gasteiger partial charge on any atom is 0.282 e. The van der Waals surface area contributed by atoms with Crippen LogP contribution < -0.4 is 5.73 Å². The van der Waals surface area contributed by atoms with Gasteiger partial charge in [-0.15, -0.1) is 0 Å². The van der Waals surface area contributed by atoms with Crippen LogP contribution in [0.3, 0.4) is 0 Å². The van der Waals surface area contributed by atoms with E-state index in [9.17, 15) is 8.42 Å². The summed E-state index contributed by atoms with van der Waals surface area (Å²) in [7, 11) is -3.35. The Labute approximate surface area is 123 Å². The van der Waals surface area contributed by atoms with Gasteiger partial charge in [0.05, 0.1) is 0 Å². The smallest absolute Gasteiger partial charge is 0.282 e. The van der Waals surface area contributed by atoms with Gasteiger partial charge >= 0.3 is 0 Å². The van der Waals surface area contributed by atoms with Crippen molar-refractivity contribution in [2.24, 2.45) is 5.73 Å². The highest BCUT2D eigenvalue weighted by Gasteiger charge is 2.38. The lowest BCUT2D eigenvalue weighted by Crippen LogP contribution is -2.59. The minimum absolute atomic E-state index is 0.0201. The van der Waals surface area contributed by atoms with Crippen molar-refractivity contribution in [1.29, 1.82) is 0 Å². The standard InChI is InChI=1S/C13H28N4O2S/c1-3-15-8-9-16(11-12(15)2)20(18,19)17-7-5-4-6-13(17)10-14/h12-13H,3-11,14H2,1-2H3. The van der Waals surface area contributed by atoms with Gasteiger partial charge in [-0.05, 0) is 26.3 Å². The molecule has 0 aliphatic carbocycles. The molecule has 2 fully saturated rings. The second kappa shape index (κ2) is 6.70. The summed E-state index contributed by atoms with van der Waals surface area (Å²) in [5, 5.41) is 0. The first kappa shape index (κ1) is 16.2. The number of piperazine rings is 1. The van der Waals surface area contributed by atoms with Crippen LogP contribution in [-0.2, 0) is 10.2 Å². The average molecular weight is 304 g/mol. The van der Waals surface area contributed by atoms with Gasteiger partial charge < -0.3 is 5.73 Å². The number of nitrogens with two attached hydrogens (primary N) is 1. The number of rotatable bonds is 4. The molecule has 0 aromatic carbocycles. The fraction of sp³-hybridized carbons (Fsp3) is 1.00. The van der Waals surface area contributed by atoms with E-state index in [0.29, 0.717) is 26.2 Å². The third kappa shape index (κ3) is 3.17. The van der Waals surface area contributed by atoms with E-state index in [1.807, 2.05) is 0 Å². The first-order chi connectivity index (χ1) is 9.50. The van der Waals surface area contributed by atoms with E-state index in [2.05, 4.69) is 18.7 Å². The van der Waals surface area contributed by atoms with Crippen LogP contribution in [0.4, 0.5) is 0 Å². The highest BCUT2D eigenvalue weighted by Crippen LogP contribution is 2.23. The molecule has 6 nitrogen and oxygen atoms in total. The summed E-state index contributed by atoms with van der Waals surface area (Å²) in [6.07, 6.45) is 2.91. The van der Waals surface area contributed by atoms with Crippen molar-refractivity contribution in [3.8, 4) is 0 Å². The number of hydrogen-bond donors (Lipinski definition) is 1. The van der Waals surface area contributed by atoms with Gasteiger partial charge in [-0.2, -0.15) is 17.0 Å². The zero-order valence-electron chi connectivity index (χ0n) is 12.7. The maximum atomic E-state index is 12.8. The Bertz CT molecular complexity index is 415. The molecule has 2 rings (SSSR count). The molecule has 0 saturated carbocycles. The topological polar surface area (TPSA) is 69.9 Å². The molecule has 0 aromatic heterocycles. The van der Waals surface area contributed by atoms with Crippen LogP contribution in [0.25, 0.3) is 0 Å². The summed E-state index contributed by atoms with van der Waals surface area (Å²) in [6.45, 7) is 8.23. The van der Waals surface area contributed by atoms with E-state index in [-0.39, 0.29) is 12.1 Å². The van der Waals surface area contributed by atoms with Gasteiger partial charge in [0, 0.05) is 44.8 Å². The number of likely N-dealkylation sites (N-methyl/N-ethyl adjacent to an activating group) is 1. The summed E-state index contributed by atoms with van der Waals surface area (Å²) < 4.78 is 29.0. The van der Waals surface area contributed by atoms with E-state index in [1.54, 1.807) is 8.61 Å². The molecule has 0 aromatic rings. The predicted octanol–water partition coefficient (Wildman–Crippen LogP) is 0.0704. The molecule has 2 aliphatic heterocycles. The molecule has 0 bridgehead atoms. The van der Waals surface area contributed by atoms with E-state index in [0.717, 1.165) is 32.4 Å². The van der Waals surface area contributed by atoms with Gasteiger partial charge in [-0.25, -0.2) is 0 Å². The van der Waals surface area contributed by atoms with Crippen molar-refractivity contribution >= 4 is 10.2 Å². The molecule has 2 atom stereocenters. The second-order valence-corrected chi connectivity index (χ2v) is 7.72. The van der Waals surface area contributed by atoms with Crippen LogP contribution >= 0.6 is 0 Å². The lowest BCUT2D eigenvalue weighted by Gasteiger charge is -2.43. The summed E-state index contributed by atoms with van der Waals surface area (Å²) in [6, 6.07) is 0.262. The second-order valence-electron chi connectivity index (χ2n) is 5.84. The Morgan fingerprint density at radius 3 is 2.55 bits per heavy atom. The first-order valence-electron chi connectivity index (χ1n) is 7.71. The summed E-state index contributed by atoms with van der Waals surface area (Å²) >= 11 is 0. The molecule has 0 amide bonds. The van der Waals surface area contributed by atoms with Gasteiger partial charge in [-0.3, -0.25) is 4.90 Å². The lowest BCUT2D eigenvalue weighted by molar-refractivity contribution is 0.126. The molecule has 2 heterocycles. The number of hydrogen-bond acceptors (Lipinski definition) is 4. The fourth-order valence-electron chi connectivity index (χ4n) is 3.30. The Kier molecular flexibility index (Phi) is 5.42. The largest absolute Gasteiger partial charge is 0.329 e. The molecular weight excluding hydrogens is 276 g/mol. The highest BCUT2D eigenvalue weighted by atomic mass is 32.2. The number of piperidine rings is 1. The van der Waals surface area contributed by atoms with E-state index >= 15 is 0 Å². The molecule has 2 unspecified atom stereocenters. The van der Waals surface area contributed by atoms with Crippen LogP contribution in [0, 0.1) is 0 Å². The van der Waals surface area contributed by atoms with Crippen LogP contribution in [0.1, 0.15) is 33.1 Å². The summed E-state index contributed by atoms with van der Waals surface area (Å²) in [5.74, 6) is 0. The van der Waals surface area contributed by atoms with E-state index < -0.39 is 10.2 Å². The summed E-state index contributed by atoms with van der Waals surface area (Å²) in [5.41, 5.74) is 5.76. The van der Waals surface area contributed by atoms with Crippen molar-refractivity contribution in [1.82, 2.24) is 13.5 Å². The minimum atomic E-state index is -3.35. The quantitative estimate of drug-likeness (QED) is 0.798. The maximum absolute atomic E-state index is 12.8. The molecule has 0 radical (unpaired) electrons.